The molecule has 1 fully saturated rings. The van der Waals surface area contributed by atoms with Crippen LogP contribution in [0.25, 0.3) is 0 Å². The molecule has 0 aliphatic carbocycles. The van der Waals surface area contributed by atoms with Crippen LogP contribution in [-0.4, -0.2) is 32.4 Å². The first kappa shape index (κ1) is 16.3. The van der Waals surface area contributed by atoms with Gasteiger partial charge in [-0.15, -0.1) is 0 Å². The summed E-state index contributed by atoms with van der Waals surface area (Å²) >= 11 is 0. The van der Waals surface area contributed by atoms with Crippen LogP contribution in [0.3, 0.4) is 0 Å². The van der Waals surface area contributed by atoms with Crippen molar-refractivity contribution in [2.24, 2.45) is 11.8 Å². The van der Waals surface area contributed by atoms with Gasteiger partial charge in [0.15, 0.2) is 0 Å². The molecule has 1 aromatic rings. The highest BCUT2D eigenvalue weighted by Crippen LogP contribution is 2.28. The van der Waals surface area contributed by atoms with E-state index in [1.54, 1.807) is 22.5 Å². The Morgan fingerprint density at radius 1 is 1.24 bits per heavy atom. The zero-order chi connectivity index (χ0) is 15.6. The molecule has 5 heteroatoms. The number of aryl methyl sites for hydroxylation is 1. The number of sulfonamides is 1. The van der Waals surface area contributed by atoms with Crippen LogP contribution in [0, 0.1) is 18.8 Å². The molecule has 21 heavy (non-hydrogen) atoms. The van der Waals surface area contributed by atoms with Gasteiger partial charge in [0.1, 0.15) is 5.75 Å². The summed E-state index contributed by atoms with van der Waals surface area (Å²) < 4.78 is 32.7. The summed E-state index contributed by atoms with van der Waals surface area (Å²) in [7, 11) is -3.40. The Balaban J connectivity index is 2.29. The minimum absolute atomic E-state index is 0.366. The van der Waals surface area contributed by atoms with Crippen molar-refractivity contribution in [3.05, 3.63) is 23.8 Å². The lowest BCUT2D eigenvalue weighted by molar-refractivity contribution is 0.222. The van der Waals surface area contributed by atoms with Gasteiger partial charge in [0.25, 0.3) is 0 Å². The number of ether oxygens (including phenoxy) is 1. The lowest BCUT2D eigenvalue weighted by Gasteiger charge is -2.34. The maximum absolute atomic E-state index is 12.8. The van der Waals surface area contributed by atoms with Crippen molar-refractivity contribution in [1.29, 1.82) is 0 Å². The molecule has 1 heterocycles. The Bertz CT molecular complexity index is 588. The van der Waals surface area contributed by atoms with E-state index < -0.39 is 10.0 Å². The zero-order valence-electron chi connectivity index (χ0n) is 13.3. The summed E-state index contributed by atoms with van der Waals surface area (Å²) in [6, 6.07) is 5.12. The molecule has 1 aliphatic rings. The average molecular weight is 311 g/mol. The van der Waals surface area contributed by atoms with Crippen LogP contribution in [0.5, 0.6) is 5.75 Å². The maximum Gasteiger partial charge on any atom is 0.243 e. The lowest BCUT2D eigenvalue weighted by atomic mass is 9.94. The molecule has 1 saturated heterocycles. The molecule has 0 N–H and O–H groups in total. The van der Waals surface area contributed by atoms with Crippen LogP contribution in [0.15, 0.2) is 23.1 Å². The van der Waals surface area contributed by atoms with Gasteiger partial charge in [0, 0.05) is 13.1 Å². The molecule has 0 amide bonds. The maximum atomic E-state index is 12.8. The third-order valence-corrected chi connectivity index (χ3v) is 5.75. The number of benzene rings is 1. The summed E-state index contributed by atoms with van der Waals surface area (Å²) in [5.74, 6) is 1.57. The fourth-order valence-corrected chi connectivity index (χ4v) is 4.82. The third-order valence-electron chi connectivity index (χ3n) is 3.92. The van der Waals surface area contributed by atoms with Gasteiger partial charge >= 0.3 is 0 Å². The monoisotopic (exact) mass is 311 g/mol. The number of rotatable bonds is 4. The molecule has 2 rings (SSSR count). The molecule has 0 aromatic heterocycles. The Hall–Kier alpha value is -1.07. The van der Waals surface area contributed by atoms with E-state index in [1.807, 2.05) is 13.8 Å². The predicted octanol–water partition coefficient (Wildman–Crippen LogP) is 3.06. The highest BCUT2D eigenvalue weighted by molar-refractivity contribution is 7.89. The predicted molar refractivity (Wildman–Crippen MR) is 84.1 cm³/mol. The number of piperidine rings is 1. The minimum atomic E-state index is -3.40. The second kappa shape index (κ2) is 6.36. The largest absolute Gasteiger partial charge is 0.494 e. The van der Waals surface area contributed by atoms with Gasteiger partial charge in [0.2, 0.25) is 10.0 Å². The molecule has 4 nitrogen and oxygen atoms in total. The first-order chi connectivity index (χ1) is 9.84. The standard InChI is InChI=1S/C16H25NO3S/c1-5-20-16-7-6-15(9-14(16)4)21(18,19)17-10-12(2)8-13(3)11-17/h6-7,9,12-13H,5,8,10-11H2,1-4H3. The van der Waals surface area contributed by atoms with E-state index in [1.165, 1.54) is 0 Å². The van der Waals surface area contributed by atoms with Gasteiger partial charge in [-0.2, -0.15) is 4.31 Å². The van der Waals surface area contributed by atoms with Gasteiger partial charge in [-0.25, -0.2) is 8.42 Å². The van der Waals surface area contributed by atoms with Gasteiger partial charge in [-0.3, -0.25) is 0 Å². The van der Waals surface area contributed by atoms with Crippen molar-refractivity contribution in [3.63, 3.8) is 0 Å². The molecule has 0 spiro atoms. The summed E-state index contributed by atoms with van der Waals surface area (Å²) in [6.45, 7) is 9.82. The molecule has 1 aromatic carbocycles. The Morgan fingerprint density at radius 3 is 2.38 bits per heavy atom. The first-order valence-electron chi connectivity index (χ1n) is 7.58. The van der Waals surface area contributed by atoms with Crippen molar-refractivity contribution in [3.8, 4) is 5.75 Å². The average Bonchev–Trinajstić information content (AvgIpc) is 2.40. The van der Waals surface area contributed by atoms with E-state index in [0.717, 1.165) is 17.7 Å². The highest BCUT2D eigenvalue weighted by atomic mass is 32.2. The summed E-state index contributed by atoms with van der Waals surface area (Å²) in [4.78, 5) is 0.366. The van der Waals surface area contributed by atoms with Crippen molar-refractivity contribution in [2.45, 2.75) is 39.0 Å². The quantitative estimate of drug-likeness (QED) is 0.858. The molecule has 0 radical (unpaired) electrons. The fraction of sp³-hybridized carbons (Fsp3) is 0.625. The Labute approximate surface area is 128 Å². The fourth-order valence-electron chi connectivity index (χ4n) is 3.05. The number of hydrogen-bond donors (Lipinski definition) is 0. The minimum Gasteiger partial charge on any atom is -0.494 e. The van der Waals surface area contributed by atoms with Crippen LogP contribution in [0.4, 0.5) is 0 Å². The van der Waals surface area contributed by atoms with E-state index in [0.29, 0.717) is 36.4 Å². The van der Waals surface area contributed by atoms with Crippen LogP contribution in [-0.2, 0) is 10.0 Å². The normalized spacial score (nSPS) is 24.0. The molecule has 0 bridgehead atoms. The number of hydrogen-bond acceptors (Lipinski definition) is 3. The second-order valence-corrected chi connectivity index (χ2v) is 8.07. The smallest absolute Gasteiger partial charge is 0.243 e. The molecular weight excluding hydrogens is 286 g/mol. The molecule has 0 saturated carbocycles. The van der Waals surface area contributed by atoms with E-state index >= 15 is 0 Å². The van der Waals surface area contributed by atoms with E-state index in [-0.39, 0.29) is 0 Å². The van der Waals surface area contributed by atoms with Gasteiger partial charge in [-0.05, 0) is 55.9 Å². The summed E-state index contributed by atoms with van der Waals surface area (Å²) in [5, 5.41) is 0. The number of nitrogens with zero attached hydrogens (tertiary/aromatic N) is 1. The second-order valence-electron chi connectivity index (χ2n) is 6.13. The Morgan fingerprint density at radius 2 is 1.86 bits per heavy atom. The van der Waals surface area contributed by atoms with Gasteiger partial charge < -0.3 is 4.74 Å². The van der Waals surface area contributed by atoms with E-state index in [2.05, 4.69) is 13.8 Å². The van der Waals surface area contributed by atoms with Crippen molar-refractivity contribution < 1.29 is 13.2 Å². The van der Waals surface area contributed by atoms with Crippen LogP contribution in [0.2, 0.25) is 0 Å². The Kier molecular flexibility index (Phi) is 4.94. The van der Waals surface area contributed by atoms with Crippen LogP contribution >= 0.6 is 0 Å². The topological polar surface area (TPSA) is 46.6 Å². The van der Waals surface area contributed by atoms with Crippen molar-refractivity contribution in [2.75, 3.05) is 19.7 Å². The molecule has 2 unspecified atom stereocenters. The molecule has 1 aliphatic heterocycles. The SMILES string of the molecule is CCOc1ccc(S(=O)(=O)N2CC(C)CC(C)C2)cc1C. The first-order valence-corrected chi connectivity index (χ1v) is 9.02. The van der Waals surface area contributed by atoms with E-state index in [9.17, 15) is 8.42 Å². The van der Waals surface area contributed by atoms with Crippen LogP contribution in [0.1, 0.15) is 32.8 Å². The summed E-state index contributed by atoms with van der Waals surface area (Å²) in [6.07, 6.45) is 1.09. The zero-order valence-corrected chi connectivity index (χ0v) is 14.1. The van der Waals surface area contributed by atoms with Crippen molar-refractivity contribution >= 4 is 10.0 Å². The molecule has 2 atom stereocenters. The highest BCUT2D eigenvalue weighted by Gasteiger charge is 2.31. The van der Waals surface area contributed by atoms with Gasteiger partial charge in [0.05, 0.1) is 11.5 Å². The van der Waals surface area contributed by atoms with E-state index in [4.69, 9.17) is 4.74 Å². The van der Waals surface area contributed by atoms with Crippen LogP contribution < -0.4 is 4.74 Å². The van der Waals surface area contributed by atoms with Gasteiger partial charge in [-0.1, -0.05) is 13.8 Å². The van der Waals surface area contributed by atoms with Crippen molar-refractivity contribution in [1.82, 2.24) is 4.31 Å². The molecule has 118 valence electrons. The molecular formula is C16H25NO3S. The lowest BCUT2D eigenvalue weighted by Crippen LogP contribution is -2.42. The summed E-state index contributed by atoms with van der Waals surface area (Å²) in [5.41, 5.74) is 0.857. The third kappa shape index (κ3) is 3.58.